The second kappa shape index (κ2) is 7.01. The zero-order valence-electron chi connectivity index (χ0n) is 15.1. The number of amides is 1. The highest BCUT2D eigenvalue weighted by atomic mass is 79.9. The fraction of sp³-hybridized carbons (Fsp3) is 0.300. The maximum Gasteiger partial charge on any atom is 0.256 e. The minimum Gasteiger partial charge on any atom is -0.365 e. The predicted octanol–water partition coefficient (Wildman–Crippen LogP) is 3.14. The molecule has 1 saturated heterocycles. The number of halogens is 1. The Kier molecular flexibility index (Phi) is 4.35. The Labute approximate surface area is 170 Å². The van der Waals surface area contributed by atoms with Crippen LogP contribution >= 0.6 is 15.9 Å². The molecule has 2 aliphatic rings. The first kappa shape index (κ1) is 17.4. The maximum atomic E-state index is 13.4. The van der Waals surface area contributed by atoms with E-state index in [1.54, 1.807) is 18.6 Å². The van der Waals surface area contributed by atoms with E-state index in [0.29, 0.717) is 17.2 Å². The highest BCUT2D eigenvalue weighted by Gasteiger charge is 2.47. The number of likely N-dealkylation sites (tertiary alicyclic amines) is 1. The number of benzene rings is 1. The number of nitrogens with zero attached hydrogens (tertiary/aromatic N) is 5. The van der Waals surface area contributed by atoms with E-state index in [1.165, 1.54) is 4.80 Å². The van der Waals surface area contributed by atoms with E-state index in [9.17, 15) is 4.79 Å². The summed E-state index contributed by atoms with van der Waals surface area (Å²) in [6.45, 7) is 0.802. The average molecular weight is 439 g/mol. The molecule has 5 rings (SSSR count). The summed E-state index contributed by atoms with van der Waals surface area (Å²) in [5.41, 5.74) is 1.34. The lowest BCUT2D eigenvalue weighted by Gasteiger charge is -2.34. The number of anilines is 1. The van der Waals surface area contributed by atoms with Crippen LogP contribution in [0.3, 0.4) is 0 Å². The number of carbonyl (C=O) groups excluding carboxylic acids is 1. The highest BCUT2D eigenvalue weighted by molar-refractivity contribution is 9.10. The molecule has 28 heavy (non-hydrogen) atoms. The molecule has 142 valence electrons. The number of nitrogens with one attached hydrogen (secondary N) is 1. The van der Waals surface area contributed by atoms with Crippen molar-refractivity contribution < 1.29 is 4.79 Å². The van der Waals surface area contributed by atoms with Crippen molar-refractivity contribution in [1.29, 1.82) is 0 Å². The van der Waals surface area contributed by atoms with Gasteiger partial charge in [0.15, 0.2) is 0 Å². The lowest BCUT2D eigenvalue weighted by atomic mass is 10.0. The van der Waals surface area contributed by atoms with Crippen LogP contribution in [-0.2, 0) is 0 Å². The fourth-order valence-corrected chi connectivity index (χ4v) is 4.62. The van der Waals surface area contributed by atoms with Gasteiger partial charge in [-0.25, -0.2) is 4.98 Å². The van der Waals surface area contributed by atoms with Crippen LogP contribution < -0.4 is 5.32 Å². The van der Waals surface area contributed by atoms with Gasteiger partial charge in [0.05, 0.1) is 29.7 Å². The summed E-state index contributed by atoms with van der Waals surface area (Å²) in [5, 5.41) is 11.9. The van der Waals surface area contributed by atoms with Gasteiger partial charge in [-0.2, -0.15) is 15.0 Å². The summed E-state index contributed by atoms with van der Waals surface area (Å²) in [5.74, 6) is 1.40. The Morgan fingerprint density at radius 1 is 1.11 bits per heavy atom. The molecule has 2 aromatic heterocycles. The number of piperidine rings is 1. The number of hydrogen-bond donors (Lipinski definition) is 1. The Morgan fingerprint density at radius 2 is 1.93 bits per heavy atom. The summed E-state index contributed by atoms with van der Waals surface area (Å²) >= 11 is 3.41. The van der Waals surface area contributed by atoms with Crippen LogP contribution in [0.2, 0.25) is 0 Å². The number of hydrogen-bond acceptors (Lipinski definition) is 5. The van der Waals surface area contributed by atoms with Gasteiger partial charge < -0.3 is 10.2 Å². The minimum absolute atomic E-state index is 0.0377. The number of pyridine rings is 1. The summed E-state index contributed by atoms with van der Waals surface area (Å²) in [7, 11) is 0. The van der Waals surface area contributed by atoms with Crippen molar-refractivity contribution in [3.63, 3.8) is 0 Å². The molecule has 1 N–H and O–H groups in total. The zero-order chi connectivity index (χ0) is 19.1. The van der Waals surface area contributed by atoms with Crippen LogP contribution in [0.4, 0.5) is 5.82 Å². The number of rotatable bonds is 4. The highest BCUT2D eigenvalue weighted by Crippen LogP contribution is 2.40. The first-order valence-corrected chi connectivity index (χ1v) is 10.1. The van der Waals surface area contributed by atoms with Crippen molar-refractivity contribution >= 4 is 27.7 Å². The SMILES string of the molecule is O=C(c1ccccc1-n1nccn1)N1C[C@@H]2C[C@@H](Nc3ccc(Br)cn3)[C@@H]1C2. The van der Waals surface area contributed by atoms with Gasteiger partial charge in [0, 0.05) is 23.3 Å². The van der Waals surface area contributed by atoms with Gasteiger partial charge in [-0.15, -0.1) is 0 Å². The van der Waals surface area contributed by atoms with E-state index in [0.717, 1.165) is 29.7 Å². The largest absolute Gasteiger partial charge is 0.365 e. The number of fused-ring (bicyclic) bond motifs is 2. The third kappa shape index (κ3) is 3.07. The molecular weight excluding hydrogens is 420 g/mol. The molecule has 1 saturated carbocycles. The topological polar surface area (TPSA) is 75.9 Å². The Hall–Kier alpha value is -2.74. The van der Waals surface area contributed by atoms with Gasteiger partial charge in [-0.3, -0.25) is 4.79 Å². The molecule has 0 spiro atoms. The smallest absolute Gasteiger partial charge is 0.256 e. The second-order valence-corrected chi connectivity index (χ2v) is 8.23. The number of para-hydroxylation sites is 1. The van der Waals surface area contributed by atoms with Crippen molar-refractivity contribution in [3.05, 3.63) is 65.0 Å². The lowest BCUT2D eigenvalue weighted by Crippen LogP contribution is -2.48. The molecule has 2 bridgehead atoms. The van der Waals surface area contributed by atoms with E-state index in [4.69, 9.17) is 0 Å². The van der Waals surface area contributed by atoms with Gasteiger partial charge in [0.25, 0.3) is 5.91 Å². The van der Waals surface area contributed by atoms with Gasteiger partial charge >= 0.3 is 0 Å². The third-order valence-corrected chi connectivity index (χ3v) is 6.04. The third-order valence-electron chi connectivity index (χ3n) is 5.57. The predicted molar refractivity (Wildman–Crippen MR) is 108 cm³/mol. The van der Waals surface area contributed by atoms with E-state index < -0.39 is 0 Å². The molecule has 1 aromatic carbocycles. The Balaban J connectivity index is 1.39. The van der Waals surface area contributed by atoms with Crippen molar-refractivity contribution in [2.45, 2.75) is 24.9 Å². The lowest BCUT2D eigenvalue weighted by molar-refractivity contribution is 0.0691. The van der Waals surface area contributed by atoms with Crippen molar-refractivity contribution in [1.82, 2.24) is 24.9 Å². The molecule has 0 unspecified atom stereocenters. The summed E-state index contributed by atoms with van der Waals surface area (Å²) in [4.78, 5) is 21.3. The molecule has 3 atom stereocenters. The molecule has 2 fully saturated rings. The molecule has 1 aliphatic carbocycles. The van der Waals surface area contributed by atoms with E-state index >= 15 is 0 Å². The monoisotopic (exact) mass is 438 g/mol. The molecule has 1 amide bonds. The molecule has 7 nitrogen and oxygen atoms in total. The first-order valence-electron chi connectivity index (χ1n) is 9.34. The first-order chi connectivity index (χ1) is 13.7. The Bertz CT molecular complexity index is 990. The number of carbonyl (C=O) groups is 1. The quantitative estimate of drug-likeness (QED) is 0.676. The zero-order valence-corrected chi connectivity index (χ0v) is 16.7. The van der Waals surface area contributed by atoms with Gasteiger partial charge in [-0.1, -0.05) is 12.1 Å². The van der Waals surface area contributed by atoms with Crippen LogP contribution in [0.1, 0.15) is 23.2 Å². The summed E-state index contributed by atoms with van der Waals surface area (Å²) < 4.78 is 0.951. The normalized spacial score (nSPS) is 23.2. The van der Waals surface area contributed by atoms with Gasteiger partial charge in [0.2, 0.25) is 0 Å². The molecule has 1 aliphatic heterocycles. The van der Waals surface area contributed by atoms with Crippen LogP contribution in [0.5, 0.6) is 0 Å². The van der Waals surface area contributed by atoms with Crippen LogP contribution in [-0.4, -0.2) is 49.4 Å². The Morgan fingerprint density at radius 3 is 2.68 bits per heavy atom. The van der Waals surface area contributed by atoms with E-state index in [2.05, 4.69) is 36.4 Å². The summed E-state index contributed by atoms with van der Waals surface area (Å²) in [6, 6.07) is 11.8. The maximum absolute atomic E-state index is 13.4. The molecule has 8 heteroatoms. The summed E-state index contributed by atoms with van der Waals surface area (Å²) in [6.07, 6.45) is 7.11. The van der Waals surface area contributed by atoms with Gasteiger partial charge in [0.1, 0.15) is 5.82 Å². The average Bonchev–Trinajstić information content (AvgIpc) is 3.46. The van der Waals surface area contributed by atoms with Crippen LogP contribution in [0, 0.1) is 5.92 Å². The molecular formula is C20H19BrN6O. The minimum atomic E-state index is 0.0377. The molecule has 3 heterocycles. The van der Waals surface area contributed by atoms with Gasteiger partial charge in [-0.05, 0) is 59.0 Å². The van der Waals surface area contributed by atoms with Crippen molar-refractivity contribution in [3.8, 4) is 5.69 Å². The number of aromatic nitrogens is 4. The second-order valence-electron chi connectivity index (χ2n) is 7.31. The van der Waals surface area contributed by atoms with E-state index in [-0.39, 0.29) is 18.0 Å². The van der Waals surface area contributed by atoms with Crippen LogP contribution in [0.25, 0.3) is 5.69 Å². The fourth-order valence-electron chi connectivity index (χ4n) is 4.39. The standard InChI is InChI=1S/C20H19BrN6O/c21-14-5-6-19(22-11-14)25-16-9-13-10-18(16)26(12-13)20(28)15-3-1-2-4-17(15)27-23-7-8-24-27/h1-8,11,13,16,18H,9-10,12H2,(H,22,25)/t13-,16-,18+/m1/s1. The van der Waals surface area contributed by atoms with E-state index in [1.807, 2.05) is 41.3 Å². The molecule has 0 radical (unpaired) electrons. The molecule has 3 aromatic rings. The van der Waals surface area contributed by atoms with Crippen LogP contribution in [0.15, 0.2) is 59.5 Å². The van der Waals surface area contributed by atoms with Crippen molar-refractivity contribution in [2.24, 2.45) is 5.92 Å². The van der Waals surface area contributed by atoms with Crippen molar-refractivity contribution in [2.75, 3.05) is 11.9 Å².